The van der Waals surface area contributed by atoms with Crippen LogP contribution >= 0.6 is 46.4 Å². The Morgan fingerprint density at radius 3 is 1.64 bits per heavy atom. The third-order valence-electron chi connectivity index (χ3n) is 1.25. The van der Waals surface area contributed by atoms with Crippen molar-refractivity contribution in [2.24, 2.45) is 5.73 Å². The van der Waals surface area contributed by atoms with Gasteiger partial charge in [0.15, 0.2) is 0 Å². The summed E-state index contributed by atoms with van der Waals surface area (Å²) in [5, 5.41) is 0. The Hall–Kier alpha value is 0.940. The van der Waals surface area contributed by atoms with Crippen LogP contribution in [0.4, 0.5) is 0 Å². The molecule has 0 fully saturated rings. The van der Waals surface area contributed by atoms with Crippen molar-refractivity contribution in [3.8, 4) is 0 Å². The molecule has 2 N–H and O–H groups in total. The summed E-state index contributed by atoms with van der Waals surface area (Å²) >= 11 is 7.65. The number of rotatable bonds is 7. The molecular weight excluding hydrogens is 250 g/mol. The summed E-state index contributed by atoms with van der Waals surface area (Å²) in [6.07, 6.45) is 5.43. The highest BCUT2D eigenvalue weighted by Gasteiger charge is 1.88. The fourth-order valence-electron chi connectivity index (χ4n) is 0.524. The number of hydrogen-bond donors (Lipinski definition) is 2. The molecule has 0 heterocycles. The summed E-state index contributed by atoms with van der Waals surface area (Å²) in [6, 6.07) is 0. The van der Waals surface area contributed by atoms with Crippen LogP contribution in [0, 0.1) is 0 Å². The van der Waals surface area contributed by atoms with Crippen molar-refractivity contribution >= 4 is 50.8 Å². The lowest BCUT2D eigenvalue weighted by Gasteiger charge is -1.97. The van der Waals surface area contributed by atoms with Gasteiger partial charge < -0.3 is 5.73 Å². The zero-order valence-corrected chi connectivity index (χ0v) is 12.3. The Balaban J connectivity index is 0. The zero-order chi connectivity index (χ0) is 11.2. The topological polar surface area (TPSA) is 26.0 Å². The maximum Gasteiger partial charge on any atom is 0.128 e. The molecule has 0 saturated heterocycles. The Bertz CT molecular complexity index is 107. The van der Waals surface area contributed by atoms with Gasteiger partial charge in [0.25, 0.3) is 0 Å². The van der Waals surface area contributed by atoms with E-state index in [-0.39, 0.29) is 4.32 Å². The molecule has 0 aliphatic carbocycles. The average Bonchev–Trinajstić information content (AvgIpc) is 2.10. The predicted molar refractivity (Wildman–Crippen MR) is 80.5 cm³/mol. The van der Waals surface area contributed by atoms with Crippen LogP contribution in [-0.2, 0) is 0 Å². The zero-order valence-electron chi connectivity index (χ0n) is 8.99. The van der Waals surface area contributed by atoms with Gasteiger partial charge in [-0.05, 0) is 12.8 Å². The molecule has 0 spiro atoms. The first-order chi connectivity index (χ1) is 6.65. The number of hydrogen-bond acceptors (Lipinski definition) is 3. The SMILES string of the molecule is CCCCSSCCCC.NC(=S)S. The molecule has 0 bridgehead atoms. The summed E-state index contributed by atoms with van der Waals surface area (Å²) < 4.78 is 0.194. The van der Waals surface area contributed by atoms with Crippen LogP contribution < -0.4 is 5.73 Å². The van der Waals surface area contributed by atoms with E-state index < -0.39 is 0 Å². The largest absolute Gasteiger partial charge is 0.385 e. The van der Waals surface area contributed by atoms with Crippen LogP contribution in [0.15, 0.2) is 0 Å². The number of nitrogens with two attached hydrogens (primary N) is 1. The van der Waals surface area contributed by atoms with E-state index in [2.05, 4.69) is 38.7 Å². The lowest BCUT2D eigenvalue weighted by molar-refractivity contribution is 0.895. The molecular formula is C9H21NS4. The molecule has 0 aromatic rings. The Morgan fingerprint density at radius 2 is 1.43 bits per heavy atom. The molecule has 0 aliphatic heterocycles. The minimum Gasteiger partial charge on any atom is -0.385 e. The van der Waals surface area contributed by atoms with E-state index in [1.54, 1.807) is 0 Å². The van der Waals surface area contributed by atoms with Crippen LogP contribution in [0.25, 0.3) is 0 Å². The molecule has 0 aromatic heterocycles. The van der Waals surface area contributed by atoms with Crippen molar-refractivity contribution in [1.82, 2.24) is 0 Å². The van der Waals surface area contributed by atoms with Crippen LogP contribution in [-0.4, -0.2) is 15.8 Å². The molecule has 0 unspecified atom stereocenters. The van der Waals surface area contributed by atoms with Gasteiger partial charge in [-0.15, -0.1) is 12.6 Å². The second-order valence-electron chi connectivity index (χ2n) is 2.69. The van der Waals surface area contributed by atoms with E-state index in [0.29, 0.717) is 0 Å². The van der Waals surface area contributed by atoms with Crippen LogP contribution in [0.2, 0.25) is 0 Å². The van der Waals surface area contributed by atoms with Gasteiger partial charge in [-0.2, -0.15) is 0 Å². The Morgan fingerprint density at radius 1 is 1.14 bits per heavy atom. The molecule has 0 rings (SSSR count). The van der Waals surface area contributed by atoms with Crippen molar-refractivity contribution in [2.75, 3.05) is 11.5 Å². The third kappa shape index (κ3) is 29.3. The van der Waals surface area contributed by atoms with Gasteiger partial charge in [0.1, 0.15) is 4.32 Å². The molecule has 0 radical (unpaired) electrons. The quantitative estimate of drug-likeness (QED) is 0.315. The van der Waals surface area contributed by atoms with E-state index in [9.17, 15) is 0 Å². The van der Waals surface area contributed by atoms with Crippen molar-refractivity contribution in [1.29, 1.82) is 0 Å². The molecule has 14 heavy (non-hydrogen) atoms. The minimum atomic E-state index is 0.194. The predicted octanol–water partition coefficient (Wildman–Crippen LogP) is 4.13. The summed E-state index contributed by atoms with van der Waals surface area (Å²) in [7, 11) is 4.07. The van der Waals surface area contributed by atoms with Gasteiger partial charge in [-0.25, -0.2) is 0 Å². The standard InChI is InChI=1S/C8H18S2.CH3NS2/c1-3-5-7-9-10-8-6-4-2;2-1(3)4/h3-8H2,1-2H3;(H3,2,3,4). The number of unbranched alkanes of at least 4 members (excludes halogenated alkanes) is 2. The van der Waals surface area contributed by atoms with E-state index in [0.717, 1.165) is 0 Å². The second kappa shape index (κ2) is 16.4. The number of thiol groups is 1. The summed E-state index contributed by atoms with van der Waals surface area (Å²) in [5.74, 6) is 2.68. The molecule has 0 amide bonds. The molecule has 86 valence electrons. The van der Waals surface area contributed by atoms with Crippen LogP contribution in [0.1, 0.15) is 39.5 Å². The Kier molecular flexibility index (Phi) is 20.3. The molecule has 0 atom stereocenters. The molecule has 5 heteroatoms. The first-order valence-electron chi connectivity index (χ1n) is 4.87. The van der Waals surface area contributed by atoms with E-state index >= 15 is 0 Å². The van der Waals surface area contributed by atoms with Crippen LogP contribution in [0.5, 0.6) is 0 Å². The normalized spacial score (nSPS) is 9.07. The first-order valence-corrected chi connectivity index (χ1v) is 8.22. The first kappa shape index (κ1) is 17.3. The van der Waals surface area contributed by atoms with Crippen molar-refractivity contribution in [2.45, 2.75) is 39.5 Å². The second-order valence-corrected chi connectivity index (χ2v) is 6.62. The molecule has 0 saturated carbocycles. The van der Waals surface area contributed by atoms with Crippen molar-refractivity contribution < 1.29 is 0 Å². The summed E-state index contributed by atoms with van der Waals surface area (Å²) in [5.41, 5.74) is 4.71. The van der Waals surface area contributed by atoms with Gasteiger partial charge in [-0.1, -0.05) is 60.5 Å². The fourth-order valence-corrected chi connectivity index (χ4v) is 2.99. The van der Waals surface area contributed by atoms with Crippen molar-refractivity contribution in [3.05, 3.63) is 0 Å². The van der Waals surface area contributed by atoms with Crippen molar-refractivity contribution in [3.63, 3.8) is 0 Å². The maximum absolute atomic E-state index is 4.71. The average molecular weight is 272 g/mol. The summed E-state index contributed by atoms with van der Waals surface area (Å²) in [4.78, 5) is 0. The number of thiocarbonyl (C=S) groups is 1. The van der Waals surface area contributed by atoms with Gasteiger partial charge in [0.05, 0.1) is 0 Å². The lowest BCUT2D eigenvalue weighted by atomic mass is 10.4. The van der Waals surface area contributed by atoms with Gasteiger partial charge >= 0.3 is 0 Å². The highest BCUT2D eigenvalue weighted by molar-refractivity contribution is 8.76. The summed E-state index contributed by atoms with van der Waals surface area (Å²) in [6.45, 7) is 4.49. The van der Waals surface area contributed by atoms with E-state index in [1.165, 1.54) is 37.2 Å². The molecule has 0 aromatic carbocycles. The van der Waals surface area contributed by atoms with Gasteiger partial charge in [0.2, 0.25) is 0 Å². The van der Waals surface area contributed by atoms with Crippen LogP contribution in [0.3, 0.4) is 0 Å². The Labute approximate surface area is 107 Å². The van der Waals surface area contributed by atoms with Gasteiger partial charge in [-0.3, -0.25) is 0 Å². The maximum atomic E-state index is 4.71. The molecule has 0 aliphatic rings. The third-order valence-corrected chi connectivity index (χ3v) is 3.82. The monoisotopic (exact) mass is 271 g/mol. The van der Waals surface area contributed by atoms with E-state index in [1.807, 2.05) is 21.6 Å². The van der Waals surface area contributed by atoms with Gasteiger partial charge in [0, 0.05) is 11.5 Å². The molecule has 1 nitrogen and oxygen atoms in total. The minimum absolute atomic E-state index is 0.194. The smallest absolute Gasteiger partial charge is 0.128 e. The fraction of sp³-hybridized carbons (Fsp3) is 0.889. The van der Waals surface area contributed by atoms with E-state index in [4.69, 9.17) is 5.73 Å². The highest BCUT2D eigenvalue weighted by atomic mass is 33.1. The lowest BCUT2D eigenvalue weighted by Crippen LogP contribution is -1.94. The highest BCUT2D eigenvalue weighted by Crippen LogP contribution is 2.23.